The minimum atomic E-state index is -1.67. The maximum absolute atomic E-state index is 13.4. The Morgan fingerprint density at radius 2 is 1.32 bits per heavy atom. The second-order valence-corrected chi connectivity index (χ2v) is 10.1. The van der Waals surface area contributed by atoms with Crippen LogP contribution in [0.25, 0.3) is 0 Å². The third-order valence-corrected chi connectivity index (χ3v) is 5.04. The lowest BCUT2D eigenvalue weighted by atomic mass is 9.95. The van der Waals surface area contributed by atoms with Gasteiger partial charge in [-0.1, -0.05) is 0 Å². The number of rotatable bonds is 10. The fraction of sp³-hybridized carbons (Fsp3) is 0.720. The van der Waals surface area contributed by atoms with E-state index in [-0.39, 0.29) is 0 Å². The number of ether oxygens (including phenoxy) is 7. The first kappa shape index (κ1) is 35.1. The summed E-state index contributed by atoms with van der Waals surface area (Å²) in [5.74, 6) is -5.22. The number of nitrogens with one attached hydrogen (secondary N) is 2. The van der Waals surface area contributed by atoms with Crippen molar-refractivity contribution in [2.75, 3.05) is 6.61 Å². The Labute approximate surface area is 237 Å². The minimum absolute atomic E-state index is 0.504. The summed E-state index contributed by atoms with van der Waals surface area (Å²) in [6.07, 6.45) is -8.55. The molecule has 232 valence electrons. The van der Waals surface area contributed by atoms with Gasteiger partial charge >= 0.3 is 35.9 Å². The molecule has 0 radical (unpaired) electrons. The van der Waals surface area contributed by atoms with Crippen molar-refractivity contribution < 1.29 is 66.7 Å². The Kier molecular flexibility index (Phi) is 13.0. The lowest BCUT2D eigenvalue weighted by molar-refractivity contribution is -0.271. The molecule has 16 nitrogen and oxygen atoms in total. The summed E-state index contributed by atoms with van der Waals surface area (Å²) in [5.41, 5.74) is -0.870. The topological polar surface area (TPSA) is 208 Å². The van der Waals surface area contributed by atoms with Crippen LogP contribution >= 0.6 is 0 Å². The molecule has 16 heteroatoms. The maximum Gasteiger partial charge on any atom is 0.408 e. The average molecular weight is 591 g/mol. The van der Waals surface area contributed by atoms with Crippen molar-refractivity contribution in [2.24, 2.45) is 0 Å². The number of amides is 2. The summed E-state index contributed by atoms with van der Waals surface area (Å²) in [4.78, 5) is 84.9. The summed E-state index contributed by atoms with van der Waals surface area (Å²) in [6, 6.07) is -2.70. The van der Waals surface area contributed by atoms with Gasteiger partial charge in [0.15, 0.2) is 18.3 Å². The summed E-state index contributed by atoms with van der Waals surface area (Å²) < 4.78 is 36.9. The molecule has 1 heterocycles. The molecular formula is C25H38N2O14. The van der Waals surface area contributed by atoms with E-state index < -0.39 is 96.8 Å². The molecule has 0 aromatic heterocycles. The van der Waals surface area contributed by atoms with Crippen LogP contribution in [0, 0.1) is 0 Å². The van der Waals surface area contributed by atoms with Gasteiger partial charge < -0.3 is 43.8 Å². The predicted octanol–water partition coefficient (Wildman–Crippen LogP) is 0.0306. The minimum Gasteiger partial charge on any atom is -0.463 e. The molecule has 0 aromatic carbocycles. The Bertz CT molecular complexity index is 1010. The van der Waals surface area contributed by atoms with Gasteiger partial charge in [0.1, 0.15) is 24.4 Å². The standard InChI is InChI=1S/C25H38N2O14/c1-11(26-24(34)41-25(7,8)9)19(36-13(3)29)22(33)27-18-21(38-15(5)31)20(37-14(4)30)17(10-35-12(2)28)40-23(18)39-16(6)32/h11,17-21,23H,10H2,1-9H3,(H,26,34)(H,27,33)/t11?,17-,18-,19?,20-,21-,23-/m1/s1. The van der Waals surface area contributed by atoms with Crippen LogP contribution in [0.5, 0.6) is 0 Å². The zero-order valence-corrected chi connectivity index (χ0v) is 24.5. The molecule has 41 heavy (non-hydrogen) atoms. The van der Waals surface area contributed by atoms with Crippen LogP contribution in [-0.4, -0.2) is 96.8 Å². The molecule has 1 rings (SSSR count). The van der Waals surface area contributed by atoms with E-state index in [0.717, 1.165) is 34.6 Å². The molecule has 2 N–H and O–H groups in total. The summed E-state index contributed by atoms with van der Waals surface area (Å²) in [6.45, 7) is 11.0. The van der Waals surface area contributed by atoms with Crippen LogP contribution in [0.4, 0.5) is 4.79 Å². The number of hydrogen-bond acceptors (Lipinski definition) is 14. The molecule has 1 aliphatic rings. The van der Waals surface area contributed by atoms with E-state index in [0.29, 0.717) is 0 Å². The Morgan fingerprint density at radius 1 is 0.780 bits per heavy atom. The third-order valence-electron chi connectivity index (χ3n) is 5.04. The molecule has 0 aromatic rings. The molecule has 2 amide bonds. The smallest absolute Gasteiger partial charge is 0.408 e. The normalized spacial score (nSPS) is 23.5. The fourth-order valence-electron chi connectivity index (χ4n) is 3.70. The number of carbonyl (C=O) groups is 7. The number of alkyl carbamates (subject to hydrolysis) is 1. The molecule has 0 bridgehead atoms. The first-order valence-electron chi connectivity index (χ1n) is 12.6. The van der Waals surface area contributed by atoms with Crippen LogP contribution in [-0.2, 0) is 61.9 Å². The van der Waals surface area contributed by atoms with E-state index in [1.165, 1.54) is 6.92 Å². The van der Waals surface area contributed by atoms with Crippen LogP contribution in [0.3, 0.4) is 0 Å². The van der Waals surface area contributed by atoms with Crippen molar-refractivity contribution in [2.45, 2.75) is 111 Å². The van der Waals surface area contributed by atoms with Gasteiger partial charge in [0, 0.05) is 34.6 Å². The molecular weight excluding hydrogens is 552 g/mol. The molecule has 0 aliphatic carbocycles. The van der Waals surface area contributed by atoms with Gasteiger partial charge in [0.25, 0.3) is 5.91 Å². The average Bonchev–Trinajstić information content (AvgIpc) is 2.77. The highest BCUT2D eigenvalue weighted by Crippen LogP contribution is 2.28. The van der Waals surface area contributed by atoms with E-state index in [4.69, 9.17) is 33.2 Å². The van der Waals surface area contributed by atoms with E-state index in [9.17, 15) is 33.6 Å². The molecule has 7 atom stereocenters. The fourth-order valence-corrected chi connectivity index (χ4v) is 3.70. The van der Waals surface area contributed by atoms with Crippen molar-refractivity contribution in [3.63, 3.8) is 0 Å². The van der Waals surface area contributed by atoms with Gasteiger partial charge in [0.05, 0.1) is 6.04 Å². The Balaban J connectivity index is 3.46. The molecule has 1 aliphatic heterocycles. The Morgan fingerprint density at radius 3 is 1.78 bits per heavy atom. The third kappa shape index (κ3) is 12.4. The molecule has 1 saturated heterocycles. The van der Waals surface area contributed by atoms with Crippen LogP contribution in [0.15, 0.2) is 0 Å². The highest BCUT2D eigenvalue weighted by molar-refractivity contribution is 5.85. The van der Waals surface area contributed by atoms with Gasteiger partial charge in [0.2, 0.25) is 6.29 Å². The van der Waals surface area contributed by atoms with Crippen molar-refractivity contribution >= 4 is 41.8 Å². The van der Waals surface area contributed by atoms with Crippen LogP contribution in [0.1, 0.15) is 62.3 Å². The van der Waals surface area contributed by atoms with E-state index in [2.05, 4.69) is 10.6 Å². The Hall–Kier alpha value is -3.95. The van der Waals surface area contributed by atoms with Crippen LogP contribution < -0.4 is 10.6 Å². The quantitative estimate of drug-likeness (QED) is 0.254. The van der Waals surface area contributed by atoms with Crippen molar-refractivity contribution in [3.05, 3.63) is 0 Å². The van der Waals surface area contributed by atoms with Crippen molar-refractivity contribution in [1.82, 2.24) is 10.6 Å². The molecule has 0 spiro atoms. The van der Waals surface area contributed by atoms with Gasteiger partial charge in [-0.05, 0) is 27.7 Å². The zero-order chi connectivity index (χ0) is 31.7. The van der Waals surface area contributed by atoms with Gasteiger partial charge in [-0.2, -0.15) is 0 Å². The SMILES string of the molecule is CC(=O)OC[C@H]1O[C@@H](OC(C)=O)[C@H](NC(=O)C(OC(C)=O)C(C)NC(=O)OC(C)(C)C)[C@@H](OC(C)=O)[C@@H]1OC(C)=O. The monoisotopic (exact) mass is 590 g/mol. The van der Waals surface area contributed by atoms with E-state index in [1.807, 2.05) is 0 Å². The first-order valence-corrected chi connectivity index (χ1v) is 12.6. The van der Waals surface area contributed by atoms with Gasteiger partial charge in [-0.25, -0.2) is 4.79 Å². The lowest BCUT2D eigenvalue weighted by Crippen LogP contribution is -2.68. The highest BCUT2D eigenvalue weighted by atomic mass is 16.7. The van der Waals surface area contributed by atoms with Crippen molar-refractivity contribution in [3.8, 4) is 0 Å². The van der Waals surface area contributed by atoms with Gasteiger partial charge in [-0.3, -0.25) is 28.8 Å². The van der Waals surface area contributed by atoms with Crippen LogP contribution in [0.2, 0.25) is 0 Å². The predicted molar refractivity (Wildman–Crippen MR) is 134 cm³/mol. The van der Waals surface area contributed by atoms with Gasteiger partial charge in [-0.15, -0.1) is 0 Å². The lowest BCUT2D eigenvalue weighted by Gasteiger charge is -2.44. The largest absolute Gasteiger partial charge is 0.463 e. The number of hydrogen-bond donors (Lipinski definition) is 2. The van der Waals surface area contributed by atoms with E-state index in [1.54, 1.807) is 20.8 Å². The first-order chi connectivity index (χ1) is 18.8. The highest BCUT2D eigenvalue weighted by Gasteiger charge is 2.53. The second kappa shape index (κ2) is 15.2. The molecule has 2 unspecified atom stereocenters. The van der Waals surface area contributed by atoms with Crippen molar-refractivity contribution in [1.29, 1.82) is 0 Å². The van der Waals surface area contributed by atoms with E-state index >= 15 is 0 Å². The second-order valence-electron chi connectivity index (χ2n) is 10.1. The summed E-state index contributed by atoms with van der Waals surface area (Å²) >= 11 is 0. The number of carbonyl (C=O) groups excluding carboxylic acids is 7. The zero-order valence-electron chi connectivity index (χ0n) is 24.5. The molecule has 1 fully saturated rings. The maximum atomic E-state index is 13.4. The summed E-state index contributed by atoms with van der Waals surface area (Å²) in [5, 5.41) is 4.84. The molecule has 0 saturated carbocycles. The summed E-state index contributed by atoms with van der Waals surface area (Å²) in [7, 11) is 0. The number of esters is 5.